The summed E-state index contributed by atoms with van der Waals surface area (Å²) in [5.74, 6) is 0.960. The largest absolute Gasteiger partial charge is 0.468 e. The van der Waals surface area contributed by atoms with Gasteiger partial charge in [0.05, 0.1) is 18.0 Å². The maximum Gasteiger partial charge on any atom is 0.121 e. The molecule has 1 unspecified atom stereocenters. The van der Waals surface area contributed by atoms with Crippen LogP contribution in [0.25, 0.3) is 0 Å². The molecule has 0 aromatic carbocycles. The second-order valence-electron chi connectivity index (χ2n) is 3.96. The lowest BCUT2D eigenvalue weighted by Gasteiger charge is -2.13. The maximum atomic E-state index is 5.41. The van der Waals surface area contributed by atoms with E-state index in [4.69, 9.17) is 4.42 Å². The summed E-state index contributed by atoms with van der Waals surface area (Å²) in [5.41, 5.74) is 2.25. The smallest absolute Gasteiger partial charge is 0.121 e. The lowest BCUT2D eigenvalue weighted by Crippen LogP contribution is -2.19. The van der Waals surface area contributed by atoms with Crippen LogP contribution in [0.5, 0.6) is 0 Å². The molecule has 0 bridgehead atoms. The highest BCUT2D eigenvalue weighted by molar-refractivity contribution is 5.14. The van der Waals surface area contributed by atoms with E-state index in [1.54, 1.807) is 6.26 Å². The van der Waals surface area contributed by atoms with Crippen molar-refractivity contribution in [3.8, 4) is 0 Å². The monoisotopic (exact) mass is 219 g/mol. The molecule has 0 aliphatic carbocycles. The van der Waals surface area contributed by atoms with E-state index in [1.165, 1.54) is 5.69 Å². The Hall–Kier alpha value is -1.55. The number of rotatable bonds is 4. The van der Waals surface area contributed by atoms with Crippen molar-refractivity contribution in [2.45, 2.75) is 19.4 Å². The van der Waals surface area contributed by atoms with Gasteiger partial charge in [0.2, 0.25) is 0 Å². The molecule has 0 radical (unpaired) electrons. The molecule has 0 aliphatic heterocycles. The quantitative estimate of drug-likeness (QED) is 0.853. The minimum atomic E-state index is 0.199. The number of aryl methyl sites for hydroxylation is 2. The van der Waals surface area contributed by atoms with Gasteiger partial charge in [-0.2, -0.15) is 5.10 Å². The lowest BCUT2D eigenvalue weighted by atomic mass is 10.1. The number of likely N-dealkylation sites (N-methyl/N-ethyl adjacent to an activating group) is 1. The molecule has 1 atom stereocenters. The molecule has 0 saturated heterocycles. The first-order valence-electron chi connectivity index (χ1n) is 5.41. The van der Waals surface area contributed by atoms with Crippen LogP contribution in [0.3, 0.4) is 0 Å². The molecule has 86 valence electrons. The average molecular weight is 219 g/mol. The molecule has 0 saturated carbocycles. The summed E-state index contributed by atoms with van der Waals surface area (Å²) in [6.45, 7) is 2.00. The molecule has 0 fully saturated rings. The SMILES string of the molecule is CNC(Cc1cc(C)nn1C)c1ccco1. The zero-order valence-corrected chi connectivity index (χ0v) is 9.90. The van der Waals surface area contributed by atoms with Crippen LogP contribution in [0.15, 0.2) is 28.9 Å². The number of nitrogens with zero attached hydrogens (tertiary/aromatic N) is 2. The van der Waals surface area contributed by atoms with E-state index in [0.717, 1.165) is 17.9 Å². The topological polar surface area (TPSA) is 43.0 Å². The first kappa shape index (κ1) is 11.0. The molecular formula is C12H17N3O. The van der Waals surface area contributed by atoms with Crippen molar-refractivity contribution in [3.63, 3.8) is 0 Å². The standard InChI is InChI=1S/C12H17N3O/c1-9-7-10(15(3)14-9)8-11(13-2)12-5-4-6-16-12/h4-7,11,13H,8H2,1-3H3. The average Bonchev–Trinajstić information content (AvgIpc) is 2.85. The normalized spacial score (nSPS) is 12.9. The van der Waals surface area contributed by atoms with Gasteiger partial charge in [-0.05, 0) is 32.2 Å². The van der Waals surface area contributed by atoms with Crippen molar-refractivity contribution in [1.82, 2.24) is 15.1 Å². The molecule has 2 rings (SSSR count). The fourth-order valence-corrected chi connectivity index (χ4v) is 1.90. The molecule has 4 heteroatoms. The zero-order valence-electron chi connectivity index (χ0n) is 9.90. The molecular weight excluding hydrogens is 202 g/mol. The lowest BCUT2D eigenvalue weighted by molar-refractivity contribution is 0.423. The Bertz CT molecular complexity index is 445. The molecule has 0 aliphatic rings. The van der Waals surface area contributed by atoms with E-state index in [9.17, 15) is 0 Å². The fourth-order valence-electron chi connectivity index (χ4n) is 1.90. The van der Waals surface area contributed by atoms with Gasteiger partial charge in [-0.1, -0.05) is 0 Å². The number of hydrogen-bond acceptors (Lipinski definition) is 3. The predicted octanol–water partition coefficient (Wildman–Crippen LogP) is 1.82. The predicted molar refractivity (Wildman–Crippen MR) is 62.2 cm³/mol. The minimum absolute atomic E-state index is 0.199. The Kier molecular flexibility index (Phi) is 3.10. The Morgan fingerprint density at radius 2 is 2.38 bits per heavy atom. The second kappa shape index (κ2) is 4.53. The summed E-state index contributed by atoms with van der Waals surface area (Å²) in [5, 5.41) is 7.59. The highest BCUT2D eigenvalue weighted by Gasteiger charge is 2.15. The zero-order chi connectivity index (χ0) is 11.5. The number of nitrogens with one attached hydrogen (secondary N) is 1. The molecule has 2 heterocycles. The summed E-state index contributed by atoms with van der Waals surface area (Å²) in [6.07, 6.45) is 2.58. The third-order valence-electron chi connectivity index (χ3n) is 2.75. The van der Waals surface area contributed by atoms with Gasteiger partial charge in [0.1, 0.15) is 5.76 Å². The molecule has 0 spiro atoms. The molecule has 1 N–H and O–H groups in total. The first-order chi connectivity index (χ1) is 7.70. The Morgan fingerprint density at radius 3 is 2.88 bits per heavy atom. The highest BCUT2D eigenvalue weighted by atomic mass is 16.3. The molecule has 0 amide bonds. The Morgan fingerprint density at radius 1 is 1.56 bits per heavy atom. The van der Waals surface area contributed by atoms with E-state index in [0.29, 0.717) is 0 Å². The van der Waals surface area contributed by atoms with Gasteiger partial charge in [-0.15, -0.1) is 0 Å². The van der Waals surface area contributed by atoms with Crippen molar-refractivity contribution < 1.29 is 4.42 Å². The number of hydrogen-bond donors (Lipinski definition) is 1. The third-order valence-corrected chi connectivity index (χ3v) is 2.75. The molecule has 4 nitrogen and oxygen atoms in total. The maximum absolute atomic E-state index is 5.41. The summed E-state index contributed by atoms with van der Waals surface area (Å²) in [6, 6.07) is 6.20. The van der Waals surface area contributed by atoms with E-state index in [1.807, 2.05) is 37.8 Å². The summed E-state index contributed by atoms with van der Waals surface area (Å²) < 4.78 is 7.33. The van der Waals surface area contributed by atoms with Crippen LogP contribution in [0.2, 0.25) is 0 Å². The van der Waals surface area contributed by atoms with Gasteiger partial charge >= 0.3 is 0 Å². The van der Waals surface area contributed by atoms with Crippen LogP contribution in [0.1, 0.15) is 23.2 Å². The van der Waals surface area contributed by atoms with Gasteiger partial charge in [0.15, 0.2) is 0 Å². The van der Waals surface area contributed by atoms with Gasteiger partial charge in [-0.3, -0.25) is 4.68 Å². The molecule has 16 heavy (non-hydrogen) atoms. The third kappa shape index (κ3) is 2.17. The van der Waals surface area contributed by atoms with Gasteiger partial charge in [-0.25, -0.2) is 0 Å². The van der Waals surface area contributed by atoms with E-state index >= 15 is 0 Å². The van der Waals surface area contributed by atoms with Crippen molar-refractivity contribution in [1.29, 1.82) is 0 Å². The van der Waals surface area contributed by atoms with Crippen LogP contribution in [-0.4, -0.2) is 16.8 Å². The Balaban J connectivity index is 2.16. The van der Waals surface area contributed by atoms with Crippen LogP contribution >= 0.6 is 0 Å². The van der Waals surface area contributed by atoms with Crippen LogP contribution in [-0.2, 0) is 13.5 Å². The number of aromatic nitrogens is 2. The summed E-state index contributed by atoms with van der Waals surface area (Å²) in [7, 11) is 3.91. The first-order valence-corrected chi connectivity index (χ1v) is 5.41. The van der Waals surface area contributed by atoms with Crippen LogP contribution < -0.4 is 5.32 Å². The van der Waals surface area contributed by atoms with Gasteiger partial charge < -0.3 is 9.73 Å². The molecule has 2 aromatic heterocycles. The van der Waals surface area contributed by atoms with E-state index < -0.39 is 0 Å². The van der Waals surface area contributed by atoms with Gasteiger partial charge in [0.25, 0.3) is 0 Å². The van der Waals surface area contributed by atoms with Crippen molar-refractivity contribution in [2.24, 2.45) is 7.05 Å². The van der Waals surface area contributed by atoms with Crippen molar-refractivity contribution in [2.75, 3.05) is 7.05 Å². The van der Waals surface area contributed by atoms with Gasteiger partial charge in [0, 0.05) is 19.2 Å². The summed E-state index contributed by atoms with van der Waals surface area (Å²) >= 11 is 0. The highest BCUT2D eigenvalue weighted by Crippen LogP contribution is 2.18. The second-order valence-corrected chi connectivity index (χ2v) is 3.96. The minimum Gasteiger partial charge on any atom is -0.468 e. The number of furan rings is 1. The molecule has 2 aromatic rings. The van der Waals surface area contributed by atoms with Crippen molar-refractivity contribution in [3.05, 3.63) is 41.6 Å². The van der Waals surface area contributed by atoms with Crippen LogP contribution in [0, 0.1) is 6.92 Å². The van der Waals surface area contributed by atoms with E-state index in [2.05, 4.69) is 16.5 Å². The summed E-state index contributed by atoms with van der Waals surface area (Å²) in [4.78, 5) is 0. The Labute approximate surface area is 95.3 Å². The van der Waals surface area contributed by atoms with Crippen LogP contribution in [0.4, 0.5) is 0 Å². The van der Waals surface area contributed by atoms with E-state index in [-0.39, 0.29) is 6.04 Å². The van der Waals surface area contributed by atoms with Crippen molar-refractivity contribution >= 4 is 0 Å². The fraction of sp³-hybridized carbons (Fsp3) is 0.417.